The molecule has 1 aromatic heterocycles. The SMILES string of the molecule is COc1cccc2c1OCCCN(C(=O)Cc1c(C)nc(C)[nH]c1=O)C2. The number of nitrogens with one attached hydrogen (secondary N) is 1. The van der Waals surface area contributed by atoms with Crippen LogP contribution in [-0.4, -0.2) is 41.0 Å². The fourth-order valence-electron chi connectivity index (χ4n) is 3.16. The van der Waals surface area contributed by atoms with Gasteiger partial charge in [0.15, 0.2) is 11.5 Å². The second-order valence-corrected chi connectivity index (χ2v) is 6.36. The normalized spacial score (nSPS) is 14.0. The van der Waals surface area contributed by atoms with Gasteiger partial charge < -0.3 is 19.4 Å². The lowest BCUT2D eigenvalue weighted by atomic mass is 10.1. The molecule has 2 aromatic rings. The number of hydrogen-bond donors (Lipinski definition) is 1. The molecule has 1 N–H and O–H groups in total. The summed E-state index contributed by atoms with van der Waals surface area (Å²) in [6.45, 7) is 4.98. The molecule has 1 aliphatic rings. The number of H-pyrrole nitrogens is 1. The van der Waals surface area contributed by atoms with Gasteiger partial charge >= 0.3 is 0 Å². The third-order valence-electron chi connectivity index (χ3n) is 4.48. The summed E-state index contributed by atoms with van der Waals surface area (Å²) >= 11 is 0. The summed E-state index contributed by atoms with van der Waals surface area (Å²) < 4.78 is 11.2. The van der Waals surface area contributed by atoms with Crippen LogP contribution in [0.2, 0.25) is 0 Å². The Morgan fingerprint density at radius 2 is 2.19 bits per heavy atom. The standard InChI is InChI=1S/C19H23N3O4/c1-12-15(19(24)21-13(2)20-12)10-17(23)22-8-5-9-26-18-14(11-22)6-4-7-16(18)25-3/h4,6-7H,5,8-11H2,1-3H3,(H,20,21,24). The monoisotopic (exact) mass is 357 g/mol. The lowest BCUT2D eigenvalue weighted by Gasteiger charge is -2.27. The summed E-state index contributed by atoms with van der Waals surface area (Å²) in [6.07, 6.45) is 0.749. The largest absolute Gasteiger partial charge is 0.493 e. The van der Waals surface area contributed by atoms with E-state index in [0.29, 0.717) is 54.7 Å². The van der Waals surface area contributed by atoms with Crippen LogP contribution in [0, 0.1) is 13.8 Å². The molecule has 26 heavy (non-hydrogen) atoms. The number of carbonyl (C=O) groups is 1. The highest BCUT2D eigenvalue weighted by Crippen LogP contribution is 2.33. The van der Waals surface area contributed by atoms with Crippen molar-refractivity contribution in [3.8, 4) is 11.5 Å². The Morgan fingerprint density at radius 3 is 2.92 bits per heavy atom. The van der Waals surface area contributed by atoms with Crippen molar-refractivity contribution >= 4 is 5.91 Å². The summed E-state index contributed by atoms with van der Waals surface area (Å²) in [5.74, 6) is 1.79. The zero-order valence-electron chi connectivity index (χ0n) is 15.3. The molecule has 2 heterocycles. The number of aromatic amines is 1. The van der Waals surface area contributed by atoms with Crippen LogP contribution in [0.25, 0.3) is 0 Å². The molecule has 7 heteroatoms. The Labute approximate surface area is 152 Å². The van der Waals surface area contributed by atoms with E-state index >= 15 is 0 Å². The topological polar surface area (TPSA) is 84.5 Å². The van der Waals surface area contributed by atoms with E-state index in [-0.39, 0.29) is 17.9 Å². The van der Waals surface area contributed by atoms with Crippen molar-refractivity contribution in [2.45, 2.75) is 33.2 Å². The number of ether oxygens (including phenoxy) is 2. The van der Waals surface area contributed by atoms with Crippen molar-refractivity contribution in [2.75, 3.05) is 20.3 Å². The Hall–Kier alpha value is -2.83. The summed E-state index contributed by atoms with van der Waals surface area (Å²) in [6, 6.07) is 5.65. The first-order valence-corrected chi connectivity index (χ1v) is 8.62. The maximum Gasteiger partial charge on any atom is 0.254 e. The summed E-state index contributed by atoms with van der Waals surface area (Å²) in [7, 11) is 1.60. The third-order valence-corrected chi connectivity index (χ3v) is 4.48. The molecule has 0 atom stereocenters. The number of para-hydroxylation sites is 1. The number of benzene rings is 1. The molecule has 0 unspecified atom stereocenters. The Morgan fingerprint density at radius 1 is 1.38 bits per heavy atom. The highest BCUT2D eigenvalue weighted by Gasteiger charge is 2.22. The summed E-state index contributed by atoms with van der Waals surface area (Å²) in [4.78, 5) is 33.7. The number of fused-ring (bicyclic) bond motifs is 1. The lowest BCUT2D eigenvalue weighted by molar-refractivity contribution is -0.131. The first-order valence-electron chi connectivity index (χ1n) is 8.62. The number of amides is 1. The number of methoxy groups -OCH3 is 1. The number of rotatable bonds is 3. The average Bonchev–Trinajstić information content (AvgIpc) is 2.58. The molecule has 0 aliphatic carbocycles. The number of carbonyl (C=O) groups excluding carboxylic acids is 1. The van der Waals surface area contributed by atoms with Gasteiger partial charge in [0.1, 0.15) is 5.82 Å². The second-order valence-electron chi connectivity index (χ2n) is 6.36. The Bertz CT molecular complexity index is 876. The van der Waals surface area contributed by atoms with Gasteiger partial charge in [-0.05, 0) is 26.3 Å². The van der Waals surface area contributed by atoms with Crippen LogP contribution in [0.15, 0.2) is 23.0 Å². The minimum Gasteiger partial charge on any atom is -0.493 e. The van der Waals surface area contributed by atoms with Crippen molar-refractivity contribution < 1.29 is 14.3 Å². The number of aryl methyl sites for hydroxylation is 2. The van der Waals surface area contributed by atoms with E-state index in [2.05, 4.69) is 9.97 Å². The fraction of sp³-hybridized carbons (Fsp3) is 0.421. The number of nitrogens with zero attached hydrogens (tertiary/aromatic N) is 2. The predicted octanol–water partition coefficient (Wildman–Crippen LogP) is 1.75. The zero-order chi connectivity index (χ0) is 18.7. The minimum absolute atomic E-state index is 0.0363. The van der Waals surface area contributed by atoms with Gasteiger partial charge in [-0.3, -0.25) is 9.59 Å². The van der Waals surface area contributed by atoms with E-state index in [0.717, 1.165) is 5.56 Å². The van der Waals surface area contributed by atoms with Gasteiger partial charge in [0, 0.05) is 29.9 Å². The van der Waals surface area contributed by atoms with E-state index < -0.39 is 0 Å². The van der Waals surface area contributed by atoms with Crippen molar-refractivity contribution in [3.63, 3.8) is 0 Å². The van der Waals surface area contributed by atoms with Gasteiger partial charge in [-0.1, -0.05) is 12.1 Å². The van der Waals surface area contributed by atoms with Crippen LogP contribution < -0.4 is 15.0 Å². The molecule has 0 saturated heterocycles. The van der Waals surface area contributed by atoms with Crippen LogP contribution in [0.3, 0.4) is 0 Å². The van der Waals surface area contributed by atoms with Crippen molar-refractivity contribution in [3.05, 3.63) is 51.2 Å². The number of aromatic nitrogens is 2. The van der Waals surface area contributed by atoms with Crippen molar-refractivity contribution in [1.82, 2.24) is 14.9 Å². The molecule has 1 aliphatic heterocycles. The second kappa shape index (κ2) is 7.59. The first-order chi connectivity index (χ1) is 12.5. The molecule has 0 spiro atoms. The van der Waals surface area contributed by atoms with E-state index in [1.54, 1.807) is 25.9 Å². The van der Waals surface area contributed by atoms with Gasteiger partial charge in [-0.25, -0.2) is 4.98 Å². The molecular formula is C19H23N3O4. The maximum absolute atomic E-state index is 12.9. The molecule has 3 rings (SSSR count). The minimum atomic E-state index is -0.249. The zero-order valence-corrected chi connectivity index (χ0v) is 15.3. The molecular weight excluding hydrogens is 334 g/mol. The van der Waals surface area contributed by atoms with Gasteiger partial charge in [-0.2, -0.15) is 0 Å². The van der Waals surface area contributed by atoms with Gasteiger partial charge in [0.2, 0.25) is 5.91 Å². The van der Waals surface area contributed by atoms with Crippen LogP contribution in [-0.2, 0) is 17.8 Å². The van der Waals surface area contributed by atoms with Crippen molar-refractivity contribution in [1.29, 1.82) is 0 Å². The lowest BCUT2D eigenvalue weighted by Crippen LogP contribution is -2.36. The summed E-state index contributed by atoms with van der Waals surface area (Å²) in [5.41, 5.74) is 1.66. The Balaban J connectivity index is 1.85. The number of hydrogen-bond acceptors (Lipinski definition) is 5. The van der Waals surface area contributed by atoms with Gasteiger partial charge in [-0.15, -0.1) is 0 Å². The summed E-state index contributed by atoms with van der Waals surface area (Å²) in [5, 5.41) is 0. The molecule has 0 bridgehead atoms. The maximum atomic E-state index is 12.9. The van der Waals surface area contributed by atoms with Crippen molar-refractivity contribution in [2.24, 2.45) is 0 Å². The third kappa shape index (κ3) is 3.71. The van der Waals surface area contributed by atoms with Crippen LogP contribution in [0.4, 0.5) is 0 Å². The highest BCUT2D eigenvalue weighted by molar-refractivity contribution is 5.79. The van der Waals surface area contributed by atoms with Crippen LogP contribution in [0.5, 0.6) is 11.5 Å². The molecule has 138 valence electrons. The van der Waals surface area contributed by atoms with Crippen LogP contribution >= 0.6 is 0 Å². The average molecular weight is 357 g/mol. The smallest absolute Gasteiger partial charge is 0.254 e. The van der Waals surface area contributed by atoms with Gasteiger partial charge in [0.05, 0.1) is 20.1 Å². The van der Waals surface area contributed by atoms with E-state index in [1.807, 2.05) is 18.2 Å². The quantitative estimate of drug-likeness (QED) is 0.905. The molecule has 7 nitrogen and oxygen atoms in total. The first kappa shape index (κ1) is 18.0. The molecule has 1 amide bonds. The van der Waals surface area contributed by atoms with E-state index in [1.165, 1.54) is 0 Å². The van der Waals surface area contributed by atoms with E-state index in [9.17, 15) is 9.59 Å². The fourth-order valence-corrected chi connectivity index (χ4v) is 3.16. The molecule has 0 radical (unpaired) electrons. The van der Waals surface area contributed by atoms with Gasteiger partial charge in [0.25, 0.3) is 5.56 Å². The molecule has 0 saturated carbocycles. The van der Waals surface area contributed by atoms with E-state index in [4.69, 9.17) is 9.47 Å². The highest BCUT2D eigenvalue weighted by atomic mass is 16.5. The predicted molar refractivity (Wildman–Crippen MR) is 96.6 cm³/mol. The molecule has 0 fully saturated rings. The molecule has 1 aromatic carbocycles. The Kier molecular flexibility index (Phi) is 5.25. The van der Waals surface area contributed by atoms with Crippen LogP contribution in [0.1, 0.15) is 29.1 Å².